The van der Waals surface area contributed by atoms with Crippen LogP contribution in [-0.4, -0.2) is 4.57 Å². The molecule has 0 amide bonds. The van der Waals surface area contributed by atoms with Crippen molar-refractivity contribution in [1.29, 1.82) is 0 Å². The summed E-state index contributed by atoms with van der Waals surface area (Å²) in [5.74, 6) is 0. The molecule has 96 valence electrons. The Labute approximate surface area is 117 Å². The first-order valence-corrected chi connectivity index (χ1v) is 7.19. The molecule has 0 unspecified atom stereocenters. The van der Waals surface area contributed by atoms with Gasteiger partial charge < -0.3 is 9.88 Å². The van der Waals surface area contributed by atoms with Gasteiger partial charge in [0.2, 0.25) is 0 Å². The Bertz CT molecular complexity index is 517. The zero-order valence-electron chi connectivity index (χ0n) is 10.9. The van der Waals surface area contributed by atoms with E-state index in [-0.39, 0.29) is 0 Å². The number of aromatic nitrogens is 1. The van der Waals surface area contributed by atoms with Crippen LogP contribution in [-0.2, 0) is 19.5 Å². The number of hydrogen-bond acceptors (Lipinski definition) is 1. The van der Waals surface area contributed by atoms with Crippen LogP contribution in [0.2, 0.25) is 0 Å². The lowest BCUT2D eigenvalue weighted by atomic mass is 10.1. The molecule has 18 heavy (non-hydrogen) atoms. The quantitative estimate of drug-likeness (QED) is 0.864. The Morgan fingerprint density at radius 3 is 2.72 bits per heavy atom. The van der Waals surface area contributed by atoms with Gasteiger partial charge in [0.1, 0.15) is 0 Å². The van der Waals surface area contributed by atoms with E-state index in [9.17, 15) is 0 Å². The summed E-state index contributed by atoms with van der Waals surface area (Å²) in [6.45, 7) is 6.24. The average molecular weight is 307 g/mol. The first kappa shape index (κ1) is 13.2. The van der Waals surface area contributed by atoms with Gasteiger partial charge >= 0.3 is 0 Å². The summed E-state index contributed by atoms with van der Waals surface area (Å²) < 4.78 is 3.33. The van der Waals surface area contributed by atoms with Gasteiger partial charge in [-0.15, -0.1) is 0 Å². The van der Waals surface area contributed by atoms with Gasteiger partial charge in [0, 0.05) is 35.6 Å². The molecule has 1 aromatic carbocycles. The number of anilines is 1. The van der Waals surface area contributed by atoms with Crippen molar-refractivity contribution >= 4 is 21.6 Å². The molecule has 0 fully saturated rings. The highest BCUT2D eigenvalue weighted by molar-refractivity contribution is 9.10. The summed E-state index contributed by atoms with van der Waals surface area (Å²) in [5, 5.41) is 3.51. The molecule has 0 saturated carbocycles. The van der Waals surface area contributed by atoms with Gasteiger partial charge in [-0.3, -0.25) is 0 Å². The number of nitrogens with one attached hydrogen (secondary N) is 1. The van der Waals surface area contributed by atoms with Crippen molar-refractivity contribution in [3.63, 3.8) is 0 Å². The van der Waals surface area contributed by atoms with Crippen LogP contribution in [0, 0.1) is 0 Å². The second-order valence-corrected chi connectivity index (χ2v) is 5.27. The number of halogens is 1. The highest BCUT2D eigenvalue weighted by Gasteiger charge is 2.02. The molecule has 1 heterocycles. The minimum atomic E-state index is 0.877. The minimum absolute atomic E-state index is 0.877. The first-order valence-electron chi connectivity index (χ1n) is 6.40. The molecule has 0 aliphatic heterocycles. The van der Waals surface area contributed by atoms with E-state index in [2.05, 4.69) is 76.3 Å². The molecule has 0 aliphatic carbocycles. The molecule has 0 atom stereocenters. The van der Waals surface area contributed by atoms with E-state index in [0.29, 0.717) is 0 Å². The smallest absolute Gasteiger partial charge is 0.0415 e. The maximum Gasteiger partial charge on any atom is 0.0415 e. The number of benzene rings is 1. The van der Waals surface area contributed by atoms with E-state index in [1.807, 2.05) is 0 Å². The lowest BCUT2D eigenvalue weighted by Gasteiger charge is -2.10. The number of aryl methyl sites for hydroxylation is 2. The lowest BCUT2D eigenvalue weighted by Crippen LogP contribution is -2.01. The second kappa shape index (κ2) is 6.10. The van der Waals surface area contributed by atoms with Crippen LogP contribution < -0.4 is 5.32 Å². The second-order valence-electron chi connectivity index (χ2n) is 4.36. The monoisotopic (exact) mass is 306 g/mol. The van der Waals surface area contributed by atoms with E-state index in [1.54, 1.807) is 0 Å². The lowest BCUT2D eigenvalue weighted by molar-refractivity contribution is 0.766. The third-order valence-electron chi connectivity index (χ3n) is 3.11. The van der Waals surface area contributed by atoms with Gasteiger partial charge in [-0.25, -0.2) is 0 Å². The summed E-state index contributed by atoms with van der Waals surface area (Å²) in [6, 6.07) is 8.57. The van der Waals surface area contributed by atoms with Crippen molar-refractivity contribution in [2.75, 3.05) is 5.32 Å². The fourth-order valence-corrected chi connectivity index (χ4v) is 2.42. The van der Waals surface area contributed by atoms with Gasteiger partial charge in [0.15, 0.2) is 0 Å². The van der Waals surface area contributed by atoms with E-state index >= 15 is 0 Å². The third kappa shape index (κ3) is 3.16. The van der Waals surface area contributed by atoms with E-state index < -0.39 is 0 Å². The van der Waals surface area contributed by atoms with E-state index in [1.165, 1.54) is 16.8 Å². The molecule has 3 heteroatoms. The Kier molecular flexibility index (Phi) is 4.48. The Morgan fingerprint density at radius 2 is 2.06 bits per heavy atom. The van der Waals surface area contributed by atoms with Crippen LogP contribution in [0.15, 0.2) is 41.1 Å². The van der Waals surface area contributed by atoms with Crippen molar-refractivity contribution in [1.82, 2.24) is 4.57 Å². The predicted molar refractivity (Wildman–Crippen MR) is 81.0 cm³/mol. The van der Waals surface area contributed by atoms with Gasteiger partial charge in [0.25, 0.3) is 0 Å². The summed E-state index contributed by atoms with van der Waals surface area (Å²) in [5.41, 5.74) is 3.89. The van der Waals surface area contributed by atoms with Crippen molar-refractivity contribution in [3.05, 3.63) is 52.3 Å². The maximum absolute atomic E-state index is 3.51. The van der Waals surface area contributed by atoms with Crippen LogP contribution in [0.4, 0.5) is 5.69 Å². The molecule has 0 bridgehead atoms. The topological polar surface area (TPSA) is 17.0 Å². The Morgan fingerprint density at radius 1 is 1.22 bits per heavy atom. The highest BCUT2D eigenvalue weighted by atomic mass is 79.9. The largest absolute Gasteiger partial charge is 0.381 e. The molecule has 0 saturated heterocycles. The Hall–Kier alpha value is -1.22. The molecular weight excluding hydrogens is 288 g/mol. The molecule has 0 spiro atoms. The van der Waals surface area contributed by atoms with Crippen molar-refractivity contribution in [2.24, 2.45) is 0 Å². The minimum Gasteiger partial charge on any atom is -0.381 e. The standard InChI is InChI=1S/C15H19BrN2/c1-3-13-9-14(16)5-6-15(13)17-10-12-7-8-18(4-2)11-12/h5-9,11,17H,3-4,10H2,1-2H3. The summed E-state index contributed by atoms with van der Waals surface area (Å²) >= 11 is 3.51. The molecule has 2 nitrogen and oxygen atoms in total. The van der Waals surface area contributed by atoms with Gasteiger partial charge in [-0.05, 0) is 48.7 Å². The Balaban J connectivity index is 2.05. The number of hydrogen-bond donors (Lipinski definition) is 1. The SMILES string of the molecule is CCc1cc(Br)ccc1NCc1ccn(CC)c1. The fraction of sp³-hybridized carbons (Fsp3) is 0.333. The molecule has 0 aliphatic rings. The van der Waals surface area contributed by atoms with Crippen molar-refractivity contribution in [2.45, 2.75) is 33.4 Å². The van der Waals surface area contributed by atoms with Gasteiger partial charge in [-0.1, -0.05) is 22.9 Å². The zero-order chi connectivity index (χ0) is 13.0. The van der Waals surface area contributed by atoms with Gasteiger partial charge in [-0.2, -0.15) is 0 Å². The molecule has 2 aromatic rings. The fourth-order valence-electron chi connectivity index (χ4n) is 2.02. The molecule has 1 aromatic heterocycles. The van der Waals surface area contributed by atoms with Crippen molar-refractivity contribution < 1.29 is 0 Å². The molecule has 1 N–H and O–H groups in total. The molecule has 2 rings (SSSR count). The third-order valence-corrected chi connectivity index (χ3v) is 3.60. The summed E-state index contributed by atoms with van der Waals surface area (Å²) in [6.07, 6.45) is 5.36. The predicted octanol–water partition coefficient (Wildman–Crippen LogP) is 4.45. The number of rotatable bonds is 5. The normalized spacial score (nSPS) is 10.6. The van der Waals surface area contributed by atoms with Crippen LogP contribution in [0.5, 0.6) is 0 Å². The van der Waals surface area contributed by atoms with Crippen LogP contribution in [0.3, 0.4) is 0 Å². The summed E-state index contributed by atoms with van der Waals surface area (Å²) in [4.78, 5) is 0. The van der Waals surface area contributed by atoms with Gasteiger partial charge in [0.05, 0.1) is 0 Å². The van der Waals surface area contributed by atoms with Crippen LogP contribution in [0.1, 0.15) is 25.0 Å². The average Bonchev–Trinajstić information content (AvgIpc) is 2.85. The van der Waals surface area contributed by atoms with E-state index in [0.717, 1.165) is 24.0 Å². The van der Waals surface area contributed by atoms with Crippen LogP contribution in [0.25, 0.3) is 0 Å². The van der Waals surface area contributed by atoms with E-state index in [4.69, 9.17) is 0 Å². The zero-order valence-corrected chi connectivity index (χ0v) is 12.5. The highest BCUT2D eigenvalue weighted by Crippen LogP contribution is 2.22. The van der Waals surface area contributed by atoms with Crippen molar-refractivity contribution in [3.8, 4) is 0 Å². The summed E-state index contributed by atoms with van der Waals surface area (Å²) in [7, 11) is 0. The maximum atomic E-state index is 3.51. The van der Waals surface area contributed by atoms with Crippen LogP contribution >= 0.6 is 15.9 Å². The molecular formula is C15H19BrN2. The number of nitrogens with zero attached hydrogens (tertiary/aromatic N) is 1. The first-order chi connectivity index (χ1) is 8.72. The molecule has 0 radical (unpaired) electrons.